The fraction of sp³-hybridized carbons (Fsp3) is 0.171. The van der Waals surface area contributed by atoms with Crippen LogP contribution in [0.2, 0.25) is 0 Å². The predicted octanol–water partition coefficient (Wildman–Crippen LogP) is 6.23. The average Bonchev–Trinajstić information content (AvgIpc) is 3.82. The number of ether oxygens (including phenoxy) is 2. The summed E-state index contributed by atoms with van der Waals surface area (Å²) in [6.45, 7) is -0.247. The first kappa shape index (κ1) is 33.5. The van der Waals surface area contributed by atoms with Gasteiger partial charge < -0.3 is 28.9 Å². The minimum absolute atomic E-state index is 0.0419. The molecule has 2 aromatic heterocycles. The number of anilines is 1. The number of aromatic nitrogens is 1. The molecule has 7 rings (SSSR count). The van der Waals surface area contributed by atoms with Gasteiger partial charge in [0.15, 0.2) is 11.4 Å². The summed E-state index contributed by atoms with van der Waals surface area (Å²) in [7, 11) is -1.27. The zero-order valence-electron chi connectivity index (χ0n) is 27.0. The molecule has 0 radical (unpaired) electrons. The third kappa shape index (κ3) is 6.18. The van der Waals surface area contributed by atoms with Gasteiger partial charge in [0.05, 0.1) is 43.3 Å². The second kappa shape index (κ2) is 12.7. The Labute approximate surface area is 287 Å². The molecular weight excluding hydrogens is 693 g/mol. The predicted molar refractivity (Wildman–Crippen MR) is 180 cm³/mol. The van der Waals surface area contributed by atoms with Crippen LogP contribution in [0.1, 0.15) is 10.4 Å². The van der Waals surface area contributed by atoms with Gasteiger partial charge in [0.2, 0.25) is 15.9 Å². The molecule has 4 aromatic carbocycles. The van der Waals surface area contributed by atoms with Crippen LogP contribution in [0.5, 0.6) is 5.75 Å². The van der Waals surface area contributed by atoms with Gasteiger partial charge in [0.25, 0.3) is 5.91 Å². The zero-order valence-corrected chi connectivity index (χ0v) is 27.9. The number of nitrogens with zero attached hydrogens (tertiary/aromatic N) is 2. The molecule has 1 unspecified atom stereocenters. The molecule has 1 fully saturated rings. The van der Waals surface area contributed by atoms with E-state index in [4.69, 9.17) is 18.3 Å². The van der Waals surface area contributed by atoms with Crippen molar-refractivity contribution >= 4 is 49.8 Å². The number of rotatable bonds is 9. The van der Waals surface area contributed by atoms with Crippen molar-refractivity contribution in [2.24, 2.45) is 0 Å². The molecular formula is C35H27F3N4O8S. The smallest absolute Gasteiger partial charge is 0.407 e. The van der Waals surface area contributed by atoms with E-state index in [0.29, 0.717) is 17.2 Å². The van der Waals surface area contributed by atoms with E-state index in [0.717, 1.165) is 16.6 Å². The van der Waals surface area contributed by atoms with Crippen molar-refractivity contribution in [2.75, 3.05) is 37.8 Å². The van der Waals surface area contributed by atoms with Gasteiger partial charge in [-0.1, -0.05) is 6.07 Å². The molecule has 2 N–H and O–H groups in total. The molecule has 3 heterocycles. The standard InChI is InChI=1S/C35H27F3N4O8S/c1-39-33(43)30-23-13-22(18-6-9-27(47-2)24(10-18)34-41-31-25(38)11-20(37)12-29(31)50-34)26(42(51(3,45)46)16-21-15-40-35(44)48-21)14-28(23)49-32(30)17-4-7-19(36)8-5-17/h4-14,21H,15-16H2,1-3H3,(H,39,43)(H,40,44). The highest BCUT2D eigenvalue weighted by Crippen LogP contribution is 2.44. The van der Waals surface area contributed by atoms with Crippen LogP contribution in [0, 0.1) is 17.5 Å². The Balaban J connectivity index is 1.50. The van der Waals surface area contributed by atoms with Gasteiger partial charge in [0, 0.05) is 41.8 Å². The molecule has 0 spiro atoms. The van der Waals surface area contributed by atoms with Crippen LogP contribution >= 0.6 is 0 Å². The first-order valence-electron chi connectivity index (χ1n) is 15.3. The first-order chi connectivity index (χ1) is 24.3. The van der Waals surface area contributed by atoms with Gasteiger partial charge in [0.1, 0.15) is 40.3 Å². The molecule has 1 aliphatic heterocycles. The molecule has 1 aliphatic rings. The maximum absolute atomic E-state index is 14.6. The van der Waals surface area contributed by atoms with Gasteiger partial charge in [-0.15, -0.1) is 0 Å². The van der Waals surface area contributed by atoms with Crippen LogP contribution in [0.25, 0.3) is 56.0 Å². The zero-order chi connectivity index (χ0) is 36.2. The maximum atomic E-state index is 14.6. The van der Waals surface area contributed by atoms with Crippen molar-refractivity contribution in [3.63, 3.8) is 0 Å². The summed E-state index contributed by atoms with van der Waals surface area (Å²) < 4.78 is 93.2. The number of fused-ring (bicyclic) bond motifs is 2. The lowest BCUT2D eigenvalue weighted by Gasteiger charge is -2.27. The number of carbonyl (C=O) groups is 2. The minimum atomic E-state index is -4.09. The SMILES string of the molecule is CNC(=O)c1c(-c2ccc(F)cc2)oc2cc(N(CC3CNC(=O)O3)S(C)(=O)=O)c(-c3ccc(OC)c(-c4nc5c(F)cc(F)cc5o4)c3)cc12. The van der Waals surface area contributed by atoms with E-state index in [1.54, 1.807) is 24.3 Å². The number of hydrogen-bond acceptors (Lipinski definition) is 9. The van der Waals surface area contributed by atoms with Crippen molar-refractivity contribution in [1.82, 2.24) is 15.6 Å². The largest absolute Gasteiger partial charge is 0.496 e. The van der Waals surface area contributed by atoms with Crippen LogP contribution < -0.4 is 19.7 Å². The fourth-order valence-electron chi connectivity index (χ4n) is 5.97. The van der Waals surface area contributed by atoms with E-state index in [1.807, 2.05) is 0 Å². The quantitative estimate of drug-likeness (QED) is 0.177. The number of amides is 2. The Morgan fingerprint density at radius 2 is 1.73 bits per heavy atom. The third-order valence-electron chi connectivity index (χ3n) is 8.31. The molecule has 12 nitrogen and oxygen atoms in total. The van der Waals surface area contributed by atoms with Crippen LogP contribution in [-0.2, 0) is 14.8 Å². The minimum Gasteiger partial charge on any atom is -0.496 e. The van der Waals surface area contributed by atoms with E-state index in [1.165, 1.54) is 44.5 Å². The number of cyclic esters (lactones) is 1. The summed E-state index contributed by atoms with van der Waals surface area (Å²) in [5, 5.41) is 5.38. The molecule has 0 aliphatic carbocycles. The van der Waals surface area contributed by atoms with Gasteiger partial charge in [-0.2, -0.15) is 0 Å². The number of carbonyl (C=O) groups excluding carboxylic acids is 2. The summed E-state index contributed by atoms with van der Waals surface area (Å²) in [5.74, 6) is -2.62. The number of benzene rings is 4. The molecule has 0 saturated carbocycles. The number of furan rings is 1. The Morgan fingerprint density at radius 3 is 2.39 bits per heavy atom. The molecule has 262 valence electrons. The lowest BCUT2D eigenvalue weighted by atomic mass is 9.96. The molecule has 2 amide bonds. The summed E-state index contributed by atoms with van der Waals surface area (Å²) in [6.07, 6.45) is -0.576. The number of nitrogens with one attached hydrogen (secondary N) is 2. The highest BCUT2D eigenvalue weighted by atomic mass is 32.2. The number of oxazole rings is 1. The molecule has 1 atom stereocenters. The summed E-state index contributed by atoms with van der Waals surface area (Å²) in [4.78, 5) is 29.5. The van der Waals surface area contributed by atoms with E-state index in [9.17, 15) is 31.2 Å². The first-order valence-corrected chi connectivity index (χ1v) is 17.1. The summed E-state index contributed by atoms with van der Waals surface area (Å²) >= 11 is 0. The normalized spacial score (nSPS) is 14.5. The lowest BCUT2D eigenvalue weighted by Crippen LogP contribution is -2.38. The molecule has 6 aromatic rings. The second-order valence-electron chi connectivity index (χ2n) is 11.6. The molecule has 0 bridgehead atoms. The number of halogens is 3. The monoisotopic (exact) mass is 720 g/mol. The van der Waals surface area contributed by atoms with Gasteiger partial charge in [-0.25, -0.2) is 31.4 Å². The van der Waals surface area contributed by atoms with E-state index in [2.05, 4.69) is 15.6 Å². The molecule has 1 saturated heterocycles. The van der Waals surface area contributed by atoms with Crippen molar-refractivity contribution in [2.45, 2.75) is 6.10 Å². The number of methoxy groups -OCH3 is 1. The van der Waals surface area contributed by atoms with Crippen molar-refractivity contribution in [3.8, 4) is 39.7 Å². The number of sulfonamides is 1. The van der Waals surface area contributed by atoms with E-state index < -0.39 is 45.6 Å². The summed E-state index contributed by atoms with van der Waals surface area (Å²) in [5.41, 5.74) is 1.14. The van der Waals surface area contributed by atoms with Gasteiger partial charge >= 0.3 is 6.09 Å². The third-order valence-corrected chi connectivity index (χ3v) is 9.45. The van der Waals surface area contributed by atoms with Crippen LogP contribution in [-0.4, -0.2) is 65.0 Å². The van der Waals surface area contributed by atoms with Crippen molar-refractivity contribution in [3.05, 3.63) is 89.7 Å². The second-order valence-corrected chi connectivity index (χ2v) is 13.5. The highest BCUT2D eigenvalue weighted by molar-refractivity contribution is 7.92. The van der Waals surface area contributed by atoms with E-state index >= 15 is 0 Å². The maximum Gasteiger partial charge on any atom is 0.407 e. The van der Waals surface area contributed by atoms with Crippen LogP contribution in [0.4, 0.5) is 23.7 Å². The number of hydrogen-bond donors (Lipinski definition) is 2. The van der Waals surface area contributed by atoms with Gasteiger partial charge in [-0.05, 0) is 48.0 Å². The van der Waals surface area contributed by atoms with E-state index in [-0.39, 0.29) is 74.9 Å². The van der Waals surface area contributed by atoms with Gasteiger partial charge in [-0.3, -0.25) is 9.10 Å². The van der Waals surface area contributed by atoms with Crippen molar-refractivity contribution < 1.29 is 49.5 Å². The fourth-order valence-corrected chi connectivity index (χ4v) is 6.92. The van der Waals surface area contributed by atoms with Crippen LogP contribution in [0.3, 0.4) is 0 Å². The Bertz CT molecular complexity index is 2480. The Hall–Kier alpha value is -6.03. The Kier molecular flexibility index (Phi) is 8.33. The lowest BCUT2D eigenvalue weighted by molar-refractivity contribution is 0.0964. The molecule has 51 heavy (non-hydrogen) atoms. The molecule has 16 heteroatoms. The Morgan fingerprint density at radius 1 is 0.980 bits per heavy atom. The number of alkyl carbamates (subject to hydrolysis) is 1. The average molecular weight is 721 g/mol. The summed E-state index contributed by atoms with van der Waals surface area (Å²) in [6, 6.07) is 14.7. The van der Waals surface area contributed by atoms with Crippen LogP contribution in [0.15, 0.2) is 75.6 Å². The topological polar surface area (TPSA) is 153 Å². The highest BCUT2D eigenvalue weighted by Gasteiger charge is 2.32. The van der Waals surface area contributed by atoms with Crippen molar-refractivity contribution in [1.29, 1.82) is 0 Å².